The fourth-order valence-electron chi connectivity index (χ4n) is 1.40. The molecule has 0 aromatic carbocycles. The van der Waals surface area contributed by atoms with Crippen molar-refractivity contribution in [1.82, 2.24) is 11.0 Å². The fourth-order valence-corrected chi connectivity index (χ4v) is 1.40. The zero-order chi connectivity index (χ0) is 10.6. The van der Waals surface area contributed by atoms with Gasteiger partial charge >= 0.3 is 0 Å². The van der Waals surface area contributed by atoms with E-state index in [-0.39, 0.29) is 5.60 Å². The van der Waals surface area contributed by atoms with Gasteiger partial charge in [0.25, 0.3) is 0 Å². The van der Waals surface area contributed by atoms with Gasteiger partial charge in [0, 0.05) is 12.6 Å². The zero-order valence-electron chi connectivity index (χ0n) is 9.59. The average Bonchev–Trinajstić information content (AvgIpc) is 2.01. The summed E-state index contributed by atoms with van der Waals surface area (Å²) in [6.07, 6.45) is 2.41. The molecule has 4 heteroatoms. The molecule has 0 aromatic rings. The number of hydrazine groups is 1. The third-order valence-electron chi connectivity index (χ3n) is 2.11. The molecule has 84 valence electrons. The summed E-state index contributed by atoms with van der Waals surface area (Å²) in [4.78, 5) is 5.37. The molecule has 1 rings (SSSR count). The van der Waals surface area contributed by atoms with Crippen LogP contribution in [0.3, 0.4) is 0 Å². The van der Waals surface area contributed by atoms with E-state index < -0.39 is 0 Å². The van der Waals surface area contributed by atoms with Gasteiger partial charge in [-0.15, -0.1) is 5.59 Å². The SMILES string of the molecule is CC1CC(NNOC(C)(C)C)CCO1. The number of ether oxygens (including phenoxy) is 1. The van der Waals surface area contributed by atoms with Gasteiger partial charge in [0.2, 0.25) is 0 Å². The molecule has 2 unspecified atom stereocenters. The summed E-state index contributed by atoms with van der Waals surface area (Å²) in [7, 11) is 0. The van der Waals surface area contributed by atoms with Crippen molar-refractivity contribution in [2.45, 2.75) is 58.3 Å². The number of nitrogens with one attached hydrogen (secondary N) is 2. The Bertz CT molecular complexity index is 168. The molecule has 1 aliphatic rings. The van der Waals surface area contributed by atoms with Crippen LogP contribution in [0, 0.1) is 0 Å². The lowest BCUT2D eigenvalue weighted by Crippen LogP contribution is -2.47. The maximum Gasteiger partial charge on any atom is 0.0829 e. The van der Waals surface area contributed by atoms with Crippen molar-refractivity contribution >= 4 is 0 Å². The molecule has 14 heavy (non-hydrogen) atoms. The van der Waals surface area contributed by atoms with Crippen molar-refractivity contribution in [1.29, 1.82) is 0 Å². The largest absolute Gasteiger partial charge is 0.378 e. The van der Waals surface area contributed by atoms with Crippen molar-refractivity contribution in [2.24, 2.45) is 0 Å². The molecule has 1 saturated heterocycles. The molecule has 2 atom stereocenters. The van der Waals surface area contributed by atoms with Crippen molar-refractivity contribution in [2.75, 3.05) is 6.61 Å². The predicted molar refractivity (Wildman–Crippen MR) is 55.5 cm³/mol. The molecule has 0 spiro atoms. The van der Waals surface area contributed by atoms with E-state index in [0.29, 0.717) is 12.1 Å². The first-order valence-electron chi connectivity index (χ1n) is 5.27. The molecule has 0 radical (unpaired) electrons. The van der Waals surface area contributed by atoms with Gasteiger partial charge in [-0.1, -0.05) is 0 Å². The maximum absolute atomic E-state index is 5.45. The Hall–Kier alpha value is -0.160. The first-order chi connectivity index (χ1) is 6.47. The highest BCUT2D eigenvalue weighted by atomic mass is 16.7. The summed E-state index contributed by atoms with van der Waals surface area (Å²) in [5.41, 5.74) is 5.80. The number of rotatable bonds is 3. The van der Waals surface area contributed by atoms with Gasteiger partial charge in [0.1, 0.15) is 0 Å². The monoisotopic (exact) mass is 202 g/mol. The Morgan fingerprint density at radius 1 is 1.36 bits per heavy atom. The first kappa shape index (κ1) is 11.9. The van der Waals surface area contributed by atoms with Crippen LogP contribution in [0.4, 0.5) is 0 Å². The molecular weight excluding hydrogens is 180 g/mol. The predicted octanol–water partition coefficient (Wildman–Crippen LogP) is 1.38. The van der Waals surface area contributed by atoms with Gasteiger partial charge in [-0.25, -0.2) is 5.43 Å². The second kappa shape index (κ2) is 5.07. The van der Waals surface area contributed by atoms with Gasteiger partial charge in [-0.05, 0) is 40.5 Å². The Balaban J connectivity index is 2.12. The van der Waals surface area contributed by atoms with E-state index in [1.165, 1.54) is 0 Å². The standard InChI is InChI=1S/C10H22N2O2/c1-8-7-9(5-6-13-8)11-12-14-10(2,3)4/h8-9,11-12H,5-7H2,1-4H3. The van der Waals surface area contributed by atoms with Crippen LogP contribution in [0.15, 0.2) is 0 Å². The average molecular weight is 202 g/mol. The van der Waals surface area contributed by atoms with Gasteiger partial charge < -0.3 is 4.74 Å². The lowest BCUT2D eigenvalue weighted by molar-refractivity contribution is -0.105. The number of hydrogen-bond acceptors (Lipinski definition) is 4. The number of hydrogen-bond donors (Lipinski definition) is 2. The zero-order valence-corrected chi connectivity index (χ0v) is 9.59. The summed E-state index contributed by atoms with van der Waals surface area (Å²) in [5.74, 6) is 0. The first-order valence-corrected chi connectivity index (χ1v) is 5.27. The van der Waals surface area contributed by atoms with Crippen LogP contribution < -0.4 is 11.0 Å². The minimum atomic E-state index is -0.163. The van der Waals surface area contributed by atoms with E-state index in [1.807, 2.05) is 20.8 Å². The van der Waals surface area contributed by atoms with E-state index in [2.05, 4.69) is 17.9 Å². The van der Waals surface area contributed by atoms with Crippen molar-refractivity contribution in [3.63, 3.8) is 0 Å². The van der Waals surface area contributed by atoms with Gasteiger partial charge in [-0.2, -0.15) is 0 Å². The minimum absolute atomic E-state index is 0.163. The van der Waals surface area contributed by atoms with Crippen LogP contribution in [0.2, 0.25) is 0 Å². The highest BCUT2D eigenvalue weighted by Crippen LogP contribution is 2.12. The minimum Gasteiger partial charge on any atom is -0.378 e. The second-order valence-electron chi connectivity index (χ2n) is 4.86. The van der Waals surface area contributed by atoms with E-state index in [0.717, 1.165) is 19.4 Å². The normalized spacial score (nSPS) is 29.1. The second-order valence-corrected chi connectivity index (χ2v) is 4.86. The molecular formula is C10H22N2O2. The molecule has 1 heterocycles. The van der Waals surface area contributed by atoms with Crippen LogP contribution in [-0.2, 0) is 9.57 Å². The molecule has 0 aromatic heterocycles. The van der Waals surface area contributed by atoms with E-state index >= 15 is 0 Å². The molecule has 0 amide bonds. The molecule has 1 fully saturated rings. The van der Waals surface area contributed by atoms with Crippen molar-refractivity contribution < 1.29 is 9.57 Å². The summed E-state index contributed by atoms with van der Waals surface area (Å²) in [6.45, 7) is 8.95. The van der Waals surface area contributed by atoms with Gasteiger partial charge in [0.05, 0.1) is 11.7 Å². The Labute approximate surface area is 86.3 Å². The van der Waals surface area contributed by atoms with Crippen LogP contribution in [0.1, 0.15) is 40.5 Å². The van der Waals surface area contributed by atoms with Crippen LogP contribution in [0.5, 0.6) is 0 Å². The third-order valence-corrected chi connectivity index (χ3v) is 2.11. The topological polar surface area (TPSA) is 42.5 Å². The summed E-state index contributed by atoms with van der Waals surface area (Å²) in [6, 6.07) is 0.445. The third kappa shape index (κ3) is 4.91. The summed E-state index contributed by atoms with van der Waals surface area (Å²) in [5, 5.41) is 0. The molecule has 2 N–H and O–H groups in total. The van der Waals surface area contributed by atoms with Gasteiger partial charge in [-0.3, -0.25) is 4.84 Å². The van der Waals surface area contributed by atoms with Crippen LogP contribution in [-0.4, -0.2) is 24.4 Å². The highest BCUT2D eigenvalue weighted by Gasteiger charge is 2.19. The van der Waals surface area contributed by atoms with E-state index in [4.69, 9.17) is 9.57 Å². The summed E-state index contributed by atoms with van der Waals surface area (Å²) >= 11 is 0. The smallest absolute Gasteiger partial charge is 0.0829 e. The van der Waals surface area contributed by atoms with E-state index in [1.54, 1.807) is 0 Å². The molecule has 1 aliphatic heterocycles. The Morgan fingerprint density at radius 3 is 2.64 bits per heavy atom. The Morgan fingerprint density at radius 2 is 2.07 bits per heavy atom. The van der Waals surface area contributed by atoms with Crippen molar-refractivity contribution in [3.8, 4) is 0 Å². The lowest BCUT2D eigenvalue weighted by Gasteiger charge is -2.29. The lowest BCUT2D eigenvalue weighted by atomic mass is 10.1. The Kier molecular flexibility index (Phi) is 4.31. The molecule has 0 aliphatic carbocycles. The fraction of sp³-hybridized carbons (Fsp3) is 1.00. The molecule has 4 nitrogen and oxygen atoms in total. The van der Waals surface area contributed by atoms with Crippen LogP contribution in [0.25, 0.3) is 0 Å². The highest BCUT2D eigenvalue weighted by molar-refractivity contribution is 4.72. The van der Waals surface area contributed by atoms with Crippen LogP contribution >= 0.6 is 0 Å². The maximum atomic E-state index is 5.45. The molecule has 0 saturated carbocycles. The van der Waals surface area contributed by atoms with E-state index in [9.17, 15) is 0 Å². The molecule has 0 bridgehead atoms. The van der Waals surface area contributed by atoms with Crippen molar-refractivity contribution in [3.05, 3.63) is 0 Å². The van der Waals surface area contributed by atoms with Gasteiger partial charge in [0.15, 0.2) is 0 Å². The summed E-state index contributed by atoms with van der Waals surface area (Å²) < 4.78 is 5.45. The quantitative estimate of drug-likeness (QED) is 0.678.